The molecule has 2 aromatic rings. The van der Waals surface area contributed by atoms with E-state index in [-0.39, 0.29) is 11.9 Å². The summed E-state index contributed by atoms with van der Waals surface area (Å²) in [6.07, 6.45) is 5.98. The minimum absolute atomic E-state index is 0.0775. The Bertz CT molecular complexity index is 1100. The third kappa shape index (κ3) is 11.1. The number of ether oxygens (including phenoxy) is 1. The van der Waals surface area contributed by atoms with E-state index < -0.39 is 0 Å². The van der Waals surface area contributed by atoms with E-state index in [0.29, 0.717) is 49.4 Å². The van der Waals surface area contributed by atoms with Crippen molar-refractivity contribution >= 4 is 18.5 Å². The quantitative estimate of drug-likeness (QED) is 0.166. The van der Waals surface area contributed by atoms with Gasteiger partial charge in [0, 0.05) is 55.0 Å². The molecule has 2 N–H and O–H groups in total. The van der Waals surface area contributed by atoms with Gasteiger partial charge in [0.1, 0.15) is 18.6 Å². The van der Waals surface area contributed by atoms with Crippen LogP contribution in [0.5, 0.6) is 5.75 Å². The van der Waals surface area contributed by atoms with Gasteiger partial charge >= 0.3 is 0 Å². The van der Waals surface area contributed by atoms with Gasteiger partial charge in [-0.15, -0.1) is 0 Å². The summed E-state index contributed by atoms with van der Waals surface area (Å²) in [4.78, 5) is 40.0. The molecule has 0 radical (unpaired) electrons. The largest absolute Gasteiger partial charge is 0.489 e. The first-order valence-electron chi connectivity index (χ1n) is 14.7. The molecule has 0 aliphatic heterocycles. The predicted molar refractivity (Wildman–Crippen MR) is 165 cm³/mol. The van der Waals surface area contributed by atoms with Gasteiger partial charge in [-0.2, -0.15) is 0 Å². The zero-order chi connectivity index (χ0) is 30.0. The lowest BCUT2D eigenvalue weighted by Gasteiger charge is -2.30. The summed E-state index contributed by atoms with van der Waals surface area (Å²) in [5.41, 5.74) is 3.67. The Morgan fingerprint density at radius 1 is 1.05 bits per heavy atom. The molecule has 224 valence electrons. The number of carbonyl (C=O) groups excluding carboxylic acids is 3. The zero-order valence-corrected chi connectivity index (χ0v) is 25.3. The average Bonchev–Trinajstić information content (AvgIpc) is 2.99. The van der Waals surface area contributed by atoms with Crippen LogP contribution in [-0.4, -0.2) is 74.6 Å². The van der Waals surface area contributed by atoms with Crippen molar-refractivity contribution < 1.29 is 19.1 Å². The lowest BCUT2D eigenvalue weighted by atomic mass is 10.0. The van der Waals surface area contributed by atoms with E-state index in [9.17, 15) is 14.4 Å². The first-order chi connectivity index (χ1) is 19.9. The molecule has 0 fully saturated rings. The molecule has 0 spiro atoms. The van der Waals surface area contributed by atoms with E-state index in [1.165, 1.54) is 0 Å². The van der Waals surface area contributed by atoms with Crippen LogP contribution in [0.4, 0.5) is 0 Å². The molecule has 0 bridgehead atoms. The summed E-state index contributed by atoms with van der Waals surface area (Å²) >= 11 is 0. The topological polar surface area (TPSA) is 91.0 Å². The fraction of sp³-hybridized carbons (Fsp3) is 0.485. The molecule has 0 saturated carbocycles. The molecule has 1 unspecified atom stereocenters. The number of likely N-dealkylation sites (N-methyl/N-ethyl adjacent to an activating group) is 2. The maximum Gasteiger partial charge on any atom is 0.251 e. The fourth-order valence-corrected chi connectivity index (χ4v) is 4.90. The van der Waals surface area contributed by atoms with Gasteiger partial charge in [0.2, 0.25) is 0 Å². The van der Waals surface area contributed by atoms with Crippen LogP contribution in [0.15, 0.2) is 54.7 Å². The van der Waals surface area contributed by atoms with Crippen LogP contribution in [0.25, 0.3) is 0 Å². The summed E-state index contributed by atoms with van der Waals surface area (Å²) in [5, 5.41) is 6.11. The van der Waals surface area contributed by atoms with E-state index in [1.807, 2.05) is 44.4 Å². The van der Waals surface area contributed by atoms with Crippen LogP contribution >= 0.6 is 0 Å². The monoisotopic (exact) mass is 564 g/mol. The van der Waals surface area contributed by atoms with Gasteiger partial charge in [0.05, 0.1) is 0 Å². The Hall–Kier alpha value is -3.49. The molecular weight excluding hydrogens is 516 g/mol. The number of benzene rings is 2. The van der Waals surface area contributed by atoms with Crippen molar-refractivity contribution in [3.8, 4) is 5.75 Å². The smallest absolute Gasteiger partial charge is 0.251 e. The van der Waals surface area contributed by atoms with Gasteiger partial charge in [-0.05, 0) is 76.1 Å². The van der Waals surface area contributed by atoms with Gasteiger partial charge in [0.15, 0.2) is 6.29 Å². The third-order valence-corrected chi connectivity index (χ3v) is 7.14. The first-order valence-corrected chi connectivity index (χ1v) is 14.7. The van der Waals surface area contributed by atoms with Gasteiger partial charge in [0.25, 0.3) is 5.91 Å². The number of hydrogen-bond acceptors (Lipinski definition) is 7. The maximum atomic E-state index is 12.6. The minimum Gasteiger partial charge on any atom is -0.489 e. The number of amides is 1. The SMILES string of the molecule is C=C(NC)C(CCC=O)N(C)Cc1c(C=O)cccc1OCc1ccc(C(=O)NCCCN(CCC)CCC)cc1. The summed E-state index contributed by atoms with van der Waals surface area (Å²) < 4.78 is 6.17. The van der Waals surface area contributed by atoms with Crippen LogP contribution in [0, 0.1) is 0 Å². The average molecular weight is 565 g/mol. The molecule has 2 aromatic carbocycles. The Morgan fingerprint density at radius 2 is 1.76 bits per heavy atom. The van der Waals surface area contributed by atoms with Crippen molar-refractivity contribution in [2.45, 2.75) is 65.1 Å². The Labute approximate surface area is 246 Å². The second kappa shape index (κ2) is 18.8. The maximum absolute atomic E-state index is 12.6. The van der Waals surface area contributed by atoms with Gasteiger partial charge in [-0.3, -0.25) is 14.5 Å². The van der Waals surface area contributed by atoms with E-state index in [2.05, 4.69) is 40.9 Å². The fourth-order valence-electron chi connectivity index (χ4n) is 4.90. The molecule has 0 aliphatic carbocycles. The van der Waals surface area contributed by atoms with Crippen molar-refractivity contribution in [2.75, 3.05) is 40.3 Å². The summed E-state index contributed by atoms with van der Waals surface area (Å²) in [6, 6.07) is 12.8. The molecule has 8 nitrogen and oxygen atoms in total. The Balaban J connectivity index is 2.00. The molecule has 0 aliphatic rings. The summed E-state index contributed by atoms with van der Waals surface area (Å²) in [6.45, 7) is 13.0. The lowest BCUT2D eigenvalue weighted by molar-refractivity contribution is -0.108. The van der Waals surface area contributed by atoms with Crippen LogP contribution in [0.1, 0.15) is 77.8 Å². The molecule has 0 saturated heterocycles. The second-order valence-electron chi connectivity index (χ2n) is 10.3. The minimum atomic E-state index is -0.0805. The van der Waals surface area contributed by atoms with Gasteiger partial charge in [-0.1, -0.05) is 44.7 Å². The van der Waals surface area contributed by atoms with E-state index >= 15 is 0 Å². The van der Waals surface area contributed by atoms with Gasteiger partial charge in [-0.25, -0.2) is 0 Å². The Morgan fingerprint density at radius 3 is 2.37 bits per heavy atom. The number of aldehydes is 2. The summed E-state index contributed by atoms with van der Waals surface area (Å²) in [7, 11) is 3.75. The van der Waals surface area contributed by atoms with Gasteiger partial charge < -0.3 is 25.1 Å². The van der Waals surface area contributed by atoms with Crippen molar-refractivity contribution in [3.05, 3.63) is 77.0 Å². The van der Waals surface area contributed by atoms with E-state index in [0.717, 1.165) is 68.3 Å². The van der Waals surface area contributed by atoms with E-state index in [4.69, 9.17) is 4.74 Å². The standard InChI is InChI=1S/C33H48N4O4/c1-6-19-37(20-7-2)21-10-18-35-33(40)28-16-14-27(15-17-28)25-41-32-13-8-11-29(24-39)30(32)23-36(5)31(12-9-22-38)26(3)34-4/h8,11,13-17,22,24,31,34H,3,6-7,9-10,12,18-21,23,25H2,1-2,4-5H3,(H,35,40). The number of hydrogen-bond donors (Lipinski definition) is 2. The Kier molecular flexibility index (Phi) is 15.4. The molecule has 8 heteroatoms. The molecule has 0 heterocycles. The number of nitrogens with one attached hydrogen (secondary N) is 2. The number of carbonyl (C=O) groups is 3. The third-order valence-electron chi connectivity index (χ3n) is 7.14. The normalized spacial score (nSPS) is 11.8. The van der Waals surface area contributed by atoms with Crippen molar-refractivity contribution in [2.24, 2.45) is 0 Å². The van der Waals surface area contributed by atoms with Crippen LogP contribution in [0.2, 0.25) is 0 Å². The second-order valence-corrected chi connectivity index (χ2v) is 10.3. The van der Waals surface area contributed by atoms with Crippen LogP contribution < -0.4 is 15.4 Å². The van der Waals surface area contributed by atoms with Crippen molar-refractivity contribution in [1.29, 1.82) is 0 Å². The van der Waals surface area contributed by atoms with Crippen molar-refractivity contribution in [3.63, 3.8) is 0 Å². The first kappa shape index (κ1) is 33.7. The highest BCUT2D eigenvalue weighted by Gasteiger charge is 2.20. The molecule has 0 aromatic heterocycles. The lowest BCUT2D eigenvalue weighted by Crippen LogP contribution is -2.37. The highest BCUT2D eigenvalue weighted by Crippen LogP contribution is 2.26. The number of rotatable bonds is 21. The highest BCUT2D eigenvalue weighted by atomic mass is 16.5. The molecule has 1 atom stereocenters. The molecule has 2 rings (SSSR count). The highest BCUT2D eigenvalue weighted by molar-refractivity contribution is 5.94. The summed E-state index contributed by atoms with van der Waals surface area (Å²) in [5.74, 6) is 0.541. The van der Waals surface area contributed by atoms with Crippen LogP contribution in [0.3, 0.4) is 0 Å². The molecule has 41 heavy (non-hydrogen) atoms. The van der Waals surface area contributed by atoms with Crippen molar-refractivity contribution in [1.82, 2.24) is 20.4 Å². The molecule has 1 amide bonds. The number of nitrogens with zero attached hydrogens (tertiary/aromatic N) is 2. The predicted octanol–water partition coefficient (Wildman–Crippen LogP) is 4.83. The molecular formula is C33H48N4O4. The van der Waals surface area contributed by atoms with Crippen LogP contribution in [-0.2, 0) is 17.9 Å². The van der Waals surface area contributed by atoms with E-state index in [1.54, 1.807) is 12.1 Å². The zero-order valence-electron chi connectivity index (χ0n) is 25.3.